The highest BCUT2D eigenvalue weighted by Gasteiger charge is 2.26. The van der Waals surface area contributed by atoms with Crippen LogP contribution in [0.4, 0.5) is 0 Å². The fraction of sp³-hybridized carbons (Fsp3) is 0.821. The zero-order valence-corrected chi connectivity index (χ0v) is 31.9. The van der Waals surface area contributed by atoms with E-state index in [4.69, 9.17) is 14.8 Å². The largest absolute Gasteiger partial charge is 0.472 e. The van der Waals surface area contributed by atoms with Crippen LogP contribution < -0.4 is 11.1 Å². The van der Waals surface area contributed by atoms with Crippen LogP contribution in [-0.2, 0) is 18.4 Å². The molecule has 0 aromatic rings. The van der Waals surface area contributed by atoms with Gasteiger partial charge >= 0.3 is 7.82 Å². The fourth-order valence-corrected chi connectivity index (χ4v) is 6.22. The first-order valence-corrected chi connectivity index (χ1v) is 21.1. The lowest BCUT2D eigenvalue weighted by molar-refractivity contribution is -0.123. The van der Waals surface area contributed by atoms with Crippen LogP contribution in [0.3, 0.4) is 0 Å². The molecule has 0 radical (unpaired) electrons. The van der Waals surface area contributed by atoms with Gasteiger partial charge in [-0.15, -0.1) is 0 Å². The number of aliphatic hydroxyl groups is 1. The number of phosphoric acid groups is 1. The minimum Gasteiger partial charge on any atom is -0.387 e. The predicted molar refractivity (Wildman–Crippen MR) is 203 cm³/mol. The van der Waals surface area contributed by atoms with Crippen molar-refractivity contribution >= 4 is 13.7 Å². The van der Waals surface area contributed by atoms with Gasteiger partial charge in [0.1, 0.15) is 0 Å². The van der Waals surface area contributed by atoms with E-state index in [1.807, 2.05) is 6.08 Å². The molecule has 0 aliphatic heterocycles. The van der Waals surface area contributed by atoms with Gasteiger partial charge in [-0.3, -0.25) is 13.8 Å². The van der Waals surface area contributed by atoms with Gasteiger partial charge < -0.3 is 21.1 Å². The summed E-state index contributed by atoms with van der Waals surface area (Å²) in [4.78, 5) is 22.6. The van der Waals surface area contributed by atoms with Crippen molar-refractivity contribution in [2.75, 3.05) is 19.8 Å². The zero-order valence-electron chi connectivity index (χ0n) is 31.0. The average molecular weight is 699 g/mol. The molecule has 0 aromatic heterocycles. The van der Waals surface area contributed by atoms with Crippen LogP contribution in [-0.4, -0.2) is 47.8 Å². The van der Waals surface area contributed by atoms with Crippen molar-refractivity contribution in [1.82, 2.24) is 5.32 Å². The Hall–Kier alpha value is -1.28. The maximum absolute atomic E-state index is 12.7. The van der Waals surface area contributed by atoms with Crippen molar-refractivity contribution in [1.29, 1.82) is 0 Å². The van der Waals surface area contributed by atoms with Gasteiger partial charge in [-0.05, 0) is 44.9 Å². The Kier molecular flexibility index (Phi) is 34.6. The standard InChI is InChI=1S/C39H75N2O6P/c1-3-5-7-9-11-13-15-17-18-19-21-23-25-27-29-31-33-39(43)41-37(36-47-48(44,45)46-35-34-40)38(42)32-30-28-26-24-22-20-16-14-12-10-8-6-4-2/h12,14,22,24,30,32,37-38,42H,3-11,13,15-21,23,25-29,31,33-36,40H2,1-2H3,(H,41,43)(H,44,45)/b14-12+,24-22+,32-30+. The summed E-state index contributed by atoms with van der Waals surface area (Å²) in [6.45, 7) is 4.06. The van der Waals surface area contributed by atoms with E-state index >= 15 is 0 Å². The molecule has 0 saturated heterocycles. The van der Waals surface area contributed by atoms with Crippen molar-refractivity contribution in [2.45, 2.75) is 187 Å². The van der Waals surface area contributed by atoms with E-state index in [0.29, 0.717) is 6.42 Å². The number of nitrogens with one attached hydrogen (secondary N) is 1. The quantitative estimate of drug-likeness (QED) is 0.0291. The number of unbranched alkanes of at least 4 members (excludes halogenated alkanes) is 20. The minimum absolute atomic E-state index is 0.0724. The minimum atomic E-state index is -4.34. The Labute approximate surface area is 295 Å². The van der Waals surface area contributed by atoms with Gasteiger partial charge in [-0.1, -0.05) is 159 Å². The van der Waals surface area contributed by atoms with E-state index in [1.165, 1.54) is 103 Å². The molecule has 0 spiro atoms. The Morgan fingerprint density at radius 2 is 1.10 bits per heavy atom. The van der Waals surface area contributed by atoms with Gasteiger partial charge in [0.25, 0.3) is 0 Å². The highest BCUT2D eigenvalue weighted by Crippen LogP contribution is 2.43. The molecule has 9 heteroatoms. The van der Waals surface area contributed by atoms with Crippen molar-refractivity contribution in [3.8, 4) is 0 Å². The zero-order chi connectivity index (χ0) is 35.4. The summed E-state index contributed by atoms with van der Waals surface area (Å²) in [5.74, 6) is -0.209. The SMILES string of the molecule is CCCCC/C=C/CC/C=C/CC/C=C/C(O)C(COP(=O)(O)OCCN)NC(=O)CCCCCCCCCCCCCCCCCC. The summed E-state index contributed by atoms with van der Waals surface area (Å²) in [5.41, 5.74) is 5.35. The summed E-state index contributed by atoms with van der Waals surface area (Å²) in [6, 6.07) is -0.878. The second-order valence-electron chi connectivity index (χ2n) is 13.1. The van der Waals surface area contributed by atoms with E-state index in [-0.39, 0.29) is 25.7 Å². The van der Waals surface area contributed by atoms with Crippen LogP contribution in [0.1, 0.15) is 174 Å². The third kappa shape index (κ3) is 33.2. The van der Waals surface area contributed by atoms with Crippen molar-refractivity contribution in [3.05, 3.63) is 36.5 Å². The molecular weight excluding hydrogens is 623 g/mol. The van der Waals surface area contributed by atoms with Crippen molar-refractivity contribution < 1.29 is 28.4 Å². The number of hydrogen-bond donors (Lipinski definition) is 4. The smallest absolute Gasteiger partial charge is 0.387 e. The lowest BCUT2D eigenvalue weighted by Gasteiger charge is -2.23. The molecule has 8 nitrogen and oxygen atoms in total. The van der Waals surface area contributed by atoms with Gasteiger partial charge in [-0.2, -0.15) is 0 Å². The summed E-state index contributed by atoms with van der Waals surface area (Å²) >= 11 is 0. The van der Waals surface area contributed by atoms with Crippen LogP contribution in [0.2, 0.25) is 0 Å². The van der Waals surface area contributed by atoms with Crippen LogP contribution in [0.25, 0.3) is 0 Å². The topological polar surface area (TPSA) is 131 Å². The molecule has 1 amide bonds. The van der Waals surface area contributed by atoms with Crippen molar-refractivity contribution in [3.63, 3.8) is 0 Å². The van der Waals surface area contributed by atoms with Crippen LogP contribution in [0.15, 0.2) is 36.5 Å². The van der Waals surface area contributed by atoms with E-state index in [0.717, 1.165) is 51.4 Å². The first-order chi connectivity index (χ1) is 23.4. The van der Waals surface area contributed by atoms with Gasteiger partial charge in [0.15, 0.2) is 0 Å². The maximum atomic E-state index is 12.7. The normalized spacial score (nSPS) is 14.7. The molecule has 3 atom stereocenters. The first-order valence-electron chi connectivity index (χ1n) is 19.6. The molecular formula is C39H75N2O6P. The number of nitrogens with two attached hydrogens (primary N) is 1. The third-order valence-corrected chi connectivity index (χ3v) is 9.43. The van der Waals surface area contributed by atoms with Crippen LogP contribution in [0, 0.1) is 0 Å². The molecule has 0 bridgehead atoms. The molecule has 3 unspecified atom stereocenters. The van der Waals surface area contributed by atoms with Gasteiger partial charge in [0.05, 0.1) is 25.4 Å². The number of hydrogen-bond acceptors (Lipinski definition) is 6. The molecule has 48 heavy (non-hydrogen) atoms. The van der Waals surface area contributed by atoms with E-state index in [9.17, 15) is 19.4 Å². The summed E-state index contributed by atoms with van der Waals surface area (Å²) in [7, 11) is -4.34. The molecule has 282 valence electrons. The molecule has 0 aromatic carbocycles. The second kappa shape index (κ2) is 35.5. The molecule has 0 aliphatic carbocycles. The lowest BCUT2D eigenvalue weighted by atomic mass is 10.0. The number of phosphoric ester groups is 1. The number of carbonyl (C=O) groups is 1. The monoisotopic (exact) mass is 699 g/mol. The van der Waals surface area contributed by atoms with E-state index in [2.05, 4.69) is 43.5 Å². The Morgan fingerprint density at radius 3 is 1.60 bits per heavy atom. The number of aliphatic hydroxyl groups excluding tert-OH is 1. The maximum Gasteiger partial charge on any atom is 0.472 e. The number of amides is 1. The van der Waals surface area contributed by atoms with Crippen molar-refractivity contribution in [2.24, 2.45) is 5.73 Å². The average Bonchev–Trinajstić information content (AvgIpc) is 3.07. The Bertz CT molecular complexity index is 850. The van der Waals surface area contributed by atoms with Crippen LogP contribution >= 0.6 is 7.82 Å². The third-order valence-electron chi connectivity index (χ3n) is 8.45. The predicted octanol–water partition coefficient (Wildman–Crippen LogP) is 10.4. The summed E-state index contributed by atoms with van der Waals surface area (Å²) < 4.78 is 22.0. The number of allylic oxidation sites excluding steroid dienone is 5. The van der Waals surface area contributed by atoms with Gasteiger partial charge in [-0.25, -0.2) is 4.57 Å². The summed E-state index contributed by atoms with van der Waals surface area (Å²) in [5, 5.41) is 13.6. The fourth-order valence-electron chi connectivity index (χ4n) is 5.46. The Balaban J connectivity index is 4.32. The molecule has 0 aliphatic rings. The molecule has 5 N–H and O–H groups in total. The lowest BCUT2D eigenvalue weighted by Crippen LogP contribution is -2.45. The Morgan fingerprint density at radius 1 is 0.667 bits per heavy atom. The summed E-state index contributed by atoms with van der Waals surface area (Å²) in [6.07, 6.45) is 40.5. The van der Waals surface area contributed by atoms with Crippen LogP contribution in [0.5, 0.6) is 0 Å². The molecule has 0 heterocycles. The number of carbonyl (C=O) groups excluding carboxylic acids is 1. The highest BCUT2D eigenvalue weighted by atomic mass is 31.2. The second-order valence-corrected chi connectivity index (χ2v) is 14.6. The van der Waals surface area contributed by atoms with Gasteiger partial charge in [0, 0.05) is 13.0 Å². The highest BCUT2D eigenvalue weighted by molar-refractivity contribution is 7.47. The number of rotatable bonds is 36. The molecule has 0 fully saturated rings. The van der Waals surface area contributed by atoms with Gasteiger partial charge in [0.2, 0.25) is 5.91 Å². The van der Waals surface area contributed by atoms with E-state index < -0.39 is 20.0 Å². The molecule has 0 saturated carbocycles. The van der Waals surface area contributed by atoms with E-state index in [1.54, 1.807) is 6.08 Å². The first kappa shape index (κ1) is 46.7. The molecule has 0 rings (SSSR count).